The molecule has 79 valence electrons. The van der Waals surface area contributed by atoms with Gasteiger partial charge in [0.1, 0.15) is 0 Å². The van der Waals surface area contributed by atoms with Gasteiger partial charge < -0.3 is 0 Å². The molecule has 1 aromatic carbocycles. The Morgan fingerprint density at radius 2 is 2.25 bits per heavy atom. The summed E-state index contributed by atoms with van der Waals surface area (Å²) in [5.41, 5.74) is 0.419. The van der Waals surface area contributed by atoms with Crippen LogP contribution in [0.2, 0.25) is 0 Å². The van der Waals surface area contributed by atoms with Crippen molar-refractivity contribution in [2.75, 3.05) is 0 Å². The molecule has 0 aliphatic carbocycles. The van der Waals surface area contributed by atoms with Gasteiger partial charge in [-0.05, 0) is 12.1 Å². The maximum absolute atomic E-state index is 12.9. The molecule has 0 saturated carbocycles. The number of aromatic nitrogens is 1. The average Bonchev–Trinajstić information content (AvgIpc) is 2.29. The molecule has 0 aliphatic heterocycles. The Labute approximate surface area is 90.7 Å². The zero-order valence-electron chi connectivity index (χ0n) is 8.13. The highest BCUT2D eigenvalue weighted by Gasteiger charge is 2.12. The fourth-order valence-corrected chi connectivity index (χ4v) is 1.31. The highest BCUT2D eigenvalue weighted by atomic mass is 19.1. The Bertz CT molecular complexity index is 543. The van der Waals surface area contributed by atoms with Crippen molar-refractivity contribution < 1.29 is 13.9 Å². The molecule has 4 nitrogen and oxygen atoms in total. The summed E-state index contributed by atoms with van der Waals surface area (Å²) in [5.74, 6) is -0.408. The predicted octanol–water partition coefficient (Wildman–Crippen LogP) is 1.81. The standard InChI is InChI=1S/C11H7FN2O2/c12-9-3-2-6-13(8-9)10-4-1-5-11(7-10)14(15)16/h2-8H/q+1. The van der Waals surface area contributed by atoms with Crippen LogP contribution in [-0.4, -0.2) is 4.92 Å². The lowest BCUT2D eigenvalue weighted by Crippen LogP contribution is -2.29. The first-order chi connectivity index (χ1) is 7.66. The average molecular weight is 218 g/mol. The van der Waals surface area contributed by atoms with Gasteiger partial charge in [0.15, 0.2) is 12.0 Å². The highest BCUT2D eigenvalue weighted by Crippen LogP contribution is 2.12. The van der Waals surface area contributed by atoms with Crippen LogP contribution in [0.15, 0.2) is 42.7 Å². The number of halogens is 1. The van der Waals surface area contributed by atoms with Gasteiger partial charge in [-0.1, -0.05) is 0 Å². The van der Waals surface area contributed by atoms with E-state index in [9.17, 15) is 14.5 Å². The number of pyridine rings is 1. The zero-order valence-corrected chi connectivity index (χ0v) is 8.13. The van der Waals surface area contributed by atoms with E-state index in [1.807, 2.05) is 0 Å². The molecule has 1 radical (unpaired) electrons. The molecule has 0 bridgehead atoms. The maximum Gasteiger partial charge on any atom is 0.276 e. The van der Waals surface area contributed by atoms with Gasteiger partial charge in [-0.2, -0.15) is 4.57 Å². The number of non-ortho nitro benzene ring substituents is 1. The summed E-state index contributed by atoms with van der Waals surface area (Å²) in [4.78, 5) is 10.0. The van der Waals surface area contributed by atoms with Crippen molar-refractivity contribution >= 4 is 5.69 Å². The van der Waals surface area contributed by atoms with Gasteiger partial charge in [0.05, 0.1) is 11.0 Å². The molecule has 5 heteroatoms. The van der Waals surface area contributed by atoms with Crippen LogP contribution in [0.4, 0.5) is 10.1 Å². The minimum Gasteiger partial charge on any atom is -0.258 e. The van der Waals surface area contributed by atoms with Crippen LogP contribution in [0.1, 0.15) is 0 Å². The van der Waals surface area contributed by atoms with E-state index in [-0.39, 0.29) is 5.69 Å². The molecular weight excluding hydrogens is 211 g/mol. The second-order valence-electron chi connectivity index (χ2n) is 3.14. The first-order valence-corrected chi connectivity index (χ1v) is 4.49. The Balaban J connectivity index is 2.48. The van der Waals surface area contributed by atoms with Crippen molar-refractivity contribution in [2.24, 2.45) is 0 Å². The number of hydrogen-bond donors (Lipinski definition) is 0. The monoisotopic (exact) mass is 218 g/mol. The fraction of sp³-hybridized carbons (Fsp3) is 0. The van der Waals surface area contributed by atoms with Crippen LogP contribution in [0, 0.1) is 22.0 Å². The maximum atomic E-state index is 12.9. The van der Waals surface area contributed by atoms with Crippen molar-refractivity contribution in [1.82, 2.24) is 0 Å². The van der Waals surface area contributed by atoms with Gasteiger partial charge in [-0.3, -0.25) is 10.1 Å². The Morgan fingerprint density at radius 3 is 2.94 bits per heavy atom. The van der Waals surface area contributed by atoms with Crippen molar-refractivity contribution in [3.63, 3.8) is 0 Å². The van der Waals surface area contributed by atoms with E-state index in [0.29, 0.717) is 5.69 Å². The summed E-state index contributed by atoms with van der Waals surface area (Å²) in [6.45, 7) is 0. The molecule has 2 aromatic rings. The minimum absolute atomic E-state index is 0.0748. The number of hydrogen-bond acceptors (Lipinski definition) is 2. The second kappa shape index (κ2) is 4.06. The molecule has 0 unspecified atom stereocenters. The molecular formula is C11H7FN2O2+. The quantitative estimate of drug-likeness (QED) is 0.438. The van der Waals surface area contributed by atoms with E-state index < -0.39 is 10.7 Å². The third kappa shape index (κ3) is 2.03. The number of rotatable bonds is 2. The summed E-state index contributed by atoms with van der Waals surface area (Å²) in [6, 6.07) is 9.64. The van der Waals surface area contributed by atoms with Gasteiger partial charge in [-0.25, -0.2) is 4.39 Å². The van der Waals surface area contributed by atoms with Crippen molar-refractivity contribution in [3.8, 4) is 5.69 Å². The van der Waals surface area contributed by atoms with Crippen LogP contribution < -0.4 is 4.57 Å². The van der Waals surface area contributed by atoms with Gasteiger partial charge in [0.2, 0.25) is 11.9 Å². The van der Waals surface area contributed by atoms with Gasteiger partial charge in [0, 0.05) is 18.2 Å². The molecule has 0 atom stereocenters. The van der Waals surface area contributed by atoms with Crippen LogP contribution in [0.25, 0.3) is 5.69 Å². The van der Waals surface area contributed by atoms with Crippen LogP contribution in [-0.2, 0) is 0 Å². The van der Waals surface area contributed by atoms with Crippen LogP contribution in [0.3, 0.4) is 0 Å². The highest BCUT2D eigenvalue weighted by molar-refractivity contribution is 5.37. The van der Waals surface area contributed by atoms with E-state index >= 15 is 0 Å². The van der Waals surface area contributed by atoms with Gasteiger partial charge in [-0.15, -0.1) is 0 Å². The number of nitro groups is 1. The lowest BCUT2D eigenvalue weighted by molar-refractivity contribution is -0.597. The lowest BCUT2D eigenvalue weighted by Gasteiger charge is -1.95. The van der Waals surface area contributed by atoms with E-state index in [2.05, 4.69) is 6.07 Å². The van der Waals surface area contributed by atoms with Crippen molar-refractivity contribution in [3.05, 3.63) is 64.7 Å². The normalized spacial score (nSPS) is 10.1. The van der Waals surface area contributed by atoms with Gasteiger partial charge in [0.25, 0.3) is 5.69 Å². The molecule has 0 saturated heterocycles. The molecule has 1 aromatic heterocycles. The van der Waals surface area contributed by atoms with E-state index in [0.717, 1.165) is 0 Å². The van der Waals surface area contributed by atoms with E-state index in [1.54, 1.807) is 12.3 Å². The first kappa shape index (κ1) is 10.2. The summed E-state index contributed by atoms with van der Waals surface area (Å²) in [5, 5.41) is 10.6. The molecule has 0 amide bonds. The fourth-order valence-electron chi connectivity index (χ4n) is 1.31. The summed E-state index contributed by atoms with van der Waals surface area (Å²) in [7, 11) is 0. The molecule has 0 aliphatic rings. The number of nitro benzene ring substituents is 1. The largest absolute Gasteiger partial charge is 0.276 e. The van der Waals surface area contributed by atoms with Crippen molar-refractivity contribution in [1.29, 1.82) is 0 Å². The first-order valence-electron chi connectivity index (χ1n) is 4.49. The SMILES string of the molecule is O=[N+]([O-])c1c[c]cc(-[n+]2cccc(F)c2)c1. The smallest absolute Gasteiger partial charge is 0.258 e. The molecule has 16 heavy (non-hydrogen) atoms. The minimum atomic E-state index is -0.514. The number of nitrogens with zero attached hydrogens (tertiary/aromatic N) is 2. The molecule has 0 spiro atoms. The topological polar surface area (TPSA) is 47.0 Å². The second-order valence-corrected chi connectivity index (χ2v) is 3.14. The van der Waals surface area contributed by atoms with E-state index in [1.165, 1.54) is 35.0 Å². The number of benzene rings is 1. The van der Waals surface area contributed by atoms with Crippen LogP contribution >= 0.6 is 0 Å². The lowest BCUT2D eigenvalue weighted by atomic mass is 10.2. The zero-order chi connectivity index (χ0) is 11.5. The molecule has 0 N–H and O–H groups in total. The summed E-state index contributed by atoms with van der Waals surface area (Å²) < 4.78 is 14.4. The third-order valence-corrected chi connectivity index (χ3v) is 2.03. The Kier molecular flexibility index (Phi) is 2.59. The van der Waals surface area contributed by atoms with Crippen LogP contribution in [0.5, 0.6) is 0 Å². The Morgan fingerprint density at radius 1 is 1.44 bits per heavy atom. The summed E-state index contributed by atoms with van der Waals surface area (Å²) in [6.07, 6.45) is 2.85. The van der Waals surface area contributed by atoms with Gasteiger partial charge >= 0.3 is 0 Å². The predicted molar refractivity (Wildman–Crippen MR) is 53.4 cm³/mol. The van der Waals surface area contributed by atoms with Crippen molar-refractivity contribution in [2.45, 2.75) is 0 Å². The molecule has 2 rings (SSSR count). The van der Waals surface area contributed by atoms with E-state index in [4.69, 9.17) is 0 Å². The molecule has 0 fully saturated rings. The molecule has 1 heterocycles. The third-order valence-electron chi connectivity index (χ3n) is 2.03. The Hall–Kier alpha value is -2.30. The summed E-state index contributed by atoms with van der Waals surface area (Å²) >= 11 is 0.